The summed E-state index contributed by atoms with van der Waals surface area (Å²) in [5, 5.41) is 20.7. The Hall–Kier alpha value is -5.54. The first-order chi connectivity index (χ1) is 22.4. The van der Waals surface area contributed by atoms with Crippen LogP contribution in [0.4, 0.5) is 0 Å². The molecule has 0 unspecified atom stereocenters. The van der Waals surface area contributed by atoms with Crippen molar-refractivity contribution >= 4 is 59.0 Å². The van der Waals surface area contributed by atoms with Gasteiger partial charge in [0, 0.05) is 26.0 Å². The number of carboxylic acids is 2. The molecule has 0 bridgehead atoms. The maximum atomic E-state index is 12.8. The highest BCUT2D eigenvalue weighted by molar-refractivity contribution is 8.22. The summed E-state index contributed by atoms with van der Waals surface area (Å²) in [6, 6.07) is 0. The zero-order chi connectivity index (χ0) is 34.1. The van der Waals surface area contributed by atoms with Crippen molar-refractivity contribution in [1.29, 1.82) is 0 Å². The Morgan fingerprint density at radius 2 is 0.851 bits per heavy atom. The largest absolute Gasteiger partial charge is 0.478 e. The SMILES string of the molecule is C#CC1(C#C)Oc2c([CH]c3c4c(c(C(=O)O)c5c3SC(C#C)(C#C)S5)SC(C#C)(C#C)S4)c3c(c(C(=O)O)c2O1)OC(C#C)(C#C)O3. The normalized spacial score (nSPS) is 18.2. The van der Waals surface area contributed by atoms with Gasteiger partial charge in [-0.05, 0) is 29.2 Å². The van der Waals surface area contributed by atoms with E-state index in [4.69, 9.17) is 70.3 Å². The molecule has 1 radical (unpaired) electrons. The van der Waals surface area contributed by atoms with Crippen molar-refractivity contribution in [3.05, 3.63) is 28.7 Å². The van der Waals surface area contributed by atoms with Crippen LogP contribution in [0.3, 0.4) is 0 Å². The Balaban J connectivity index is 1.70. The molecular weight excluding hydrogens is 677 g/mol. The first-order valence-corrected chi connectivity index (χ1v) is 15.8. The minimum Gasteiger partial charge on any atom is -0.478 e. The fourth-order valence-corrected chi connectivity index (χ4v) is 10.3. The lowest BCUT2D eigenvalue weighted by Gasteiger charge is -2.18. The number of benzene rings is 2. The van der Waals surface area contributed by atoms with Crippen LogP contribution >= 0.6 is 47.0 Å². The number of carbonyl (C=O) groups is 2. The topological polar surface area (TPSA) is 112 Å². The van der Waals surface area contributed by atoms with Crippen molar-refractivity contribution in [1.82, 2.24) is 0 Å². The average molecular weight is 688 g/mol. The summed E-state index contributed by atoms with van der Waals surface area (Å²) in [6.07, 6.45) is 47.5. The van der Waals surface area contributed by atoms with E-state index in [0.29, 0.717) is 15.4 Å². The molecule has 0 amide bonds. The summed E-state index contributed by atoms with van der Waals surface area (Å²) in [7, 11) is 0. The summed E-state index contributed by atoms with van der Waals surface area (Å²) < 4.78 is 20.7. The molecule has 0 saturated carbocycles. The standard InChI is InChI=1S/C35H11O8S4/c1-9-32(10-2)40-22-18(23-25(20(30(36)37)24(22)42-32)43-33(11-3,12-4)41-23)17-19-26-28(46-34(13-5,14-6)44-26)21(31(38)39)29-27(19)45-35(15-7,16-8)47-29/h1-8,17H,(H,36,37)(H,38,39). The molecule has 6 rings (SSSR count). The Morgan fingerprint density at radius 1 is 0.511 bits per heavy atom. The number of carboxylic acid groups (broad SMARTS) is 2. The van der Waals surface area contributed by atoms with E-state index in [1.807, 2.05) is 0 Å². The molecule has 0 fully saturated rings. The van der Waals surface area contributed by atoms with Gasteiger partial charge in [0.05, 0.1) is 11.1 Å². The van der Waals surface area contributed by atoms with Crippen LogP contribution in [0.25, 0.3) is 0 Å². The van der Waals surface area contributed by atoms with Gasteiger partial charge in [0.1, 0.15) is 0 Å². The molecule has 4 aliphatic heterocycles. The summed E-state index contributed by atoms with van der Waals surface area (Å²) in [5.41, 5.74) is -0.389. The highest BCUT2D eigenvalue weighted by atomic mass is 32.2. The Morgan fingerprint density at radius 3 is 1.17 bits per heavy atom. The molecule has 0 aliphatic carbocycles. The smallest absolute Gasteiger partial charge is 0.385 e. The third kappa shape index (κ3) is 4.26. The van der Waals surface area contributed by atoms with Crippen LogP contribution in [0, 0.1) is 105 Å². The fourth-order valence-electron chi connectivity index (χ4n) is 4.82. The first kappa shape index (κ1) is 31.4. The van der Waals surface area contributed by atoms with Crippen molar-refractivity contribution < 1.29 is 38.7 Å². The van der Waals surface area contributed by atoms with Gasteiger partial charge in [-0.3, -0.25) is 0 Å². The van der Waals surface area contributed by atoms with Gasteiger partial charge in [0.25, 0.3) is 0 Å². The summed E-state index contributed by atoms with van der Waals surface area (Å²) in [6.45, 7) is 0. The second kappa shape index (κ2) is 10.5. The molecule has 2 aromatic rings. The zero-order valence-electron chi connectivity index (χ0n) is 23.2. The minimum absolute atomic E-state index is 0.0266. The summed E-state index contributed by atoms with van der Waals surface area (Å²) in [5.74, 6) is 10.5. The maximum Gasteiger partial charge on any atom is 0.385 e. The lowest BCUT2D eigenvalue weighted by atomic mass is 9.98. The molecule has 2 N–H and O–H groups in total. The predicted molar refractivity (Wildman–Crippen MR) is 177 cm³/mol. The summed E-state index contributed by atoms with van der Waals surface area (Å²) >= 11 is 4.04. The second-order valence-corrected chi connectivity index (χ2v) is 14.8. The van der Waals surface area contributed by atoms with Gasteiger partial charge in [0.2, 0.25) is 0 Å². The zero-order valence-corrected chi connectivity index (χ0v) is 26.4. The second-order valence-electron chi connectivity index (χ2n) is 9.40. The van der Waals surface area contributed by atoms with E-state index < -0.39 is 48.7 Å². The van der Waals surface area contributed by atoms with Crippen LogP contribution in [-0.4, -0.2) is 41.9 Å². The predicted octanol–water partition coefficient (Wildman–Crippen LogP) is 4.47. The number of aromatic carboxylic acids is 2. The Labute approximate surface area is 286 Å². The molecule has 12 heteroatoms. The number of hydrogen-bond donors (Lipinski definition) is 2. The van der Waals surface area contributed by atoms with Crippen LogP contribution in [0.15, 0.2) is 19.6 Å². The Bertz CT molecular complexity index is 1910. The van der Waals surface area contributed by atoms with Crippen molar-refractivity contribution in [2.45, 2.75) is 39.3 Å². The number of hydrogen-bond acceptors (Lipinski definition) is 10. The van der Waals surface area contributed by atoms with Crippen LogP contribution < -0.4 is 18.9 Å². The van der Waals surface area contributed by atoms with E-state index in [2.05, 4.69) is 47.4 Å². The van der Waals surface area contributed by atoms with Crippen LogP contribution in [0.2, 0.25) is 0 Å². The van der Waals surface area contributed by atoms with E-state index in [1.54, 1.807) is 0 Å². The molecule has 223 valence electrons. The quantitative estimate of drug-likeness (QED) is 0.443. The van der Waals surface area contributed by atoms with Gasteiger partial charge in [0.15, 0.2) is 36.7 Å². The number of ether oxygens (including phenoxy) is 4. The van der Waals surface area contributed by atoms with Crippen molar-refractivity contribution in [2.75, 3.05) is 0 Å². The van der Waals surface area contributed by atoms with Crippen LogP contribution in [0.1, 0.15) is 31.8 Å². The number of thioether (sulfide) groups is 4. The van der Waals surface area contributed by atoms with Crippen molar-refractivity contribution in [3.63, 3.8) is 0 Å². The van der Waals surface area contributed by atoms with E-state index in [9.17, 15) is 19.8 Å². The summed E-state index contributed by atoms with van der Waals surface area (Å²) in [4.78, 5) is 26.6. The average Bonchev–Trinajstić information content (AvgIpc) is 3.85. The third-order valence-electron chi connectivity index (χ3n) is 6.91. The fraction of sp³-hybridized carbons (Fsp3) is 0.114. The van der Waals surface area contributed by atoms with Gasteiger partial charge in [-0.25, -0.2) is 9.59 Å². The number of fused-ring (bicyclic) bond motifs is 4. The molecule has 0 atom stereocenters. The van der Waals surface area contributed by atoms with Gasteiger partial charge in [-0.15, -0.1) is 51.4 Å². The van der Waals surface area contributed by atoms with Gasteiger partial charge < -0.3 is 29.2 Å². The molecule has 4 heterocycles. The molecule has 0 aromatic heterocycles. The first-order valence-electron chi connectivity index (χ1n) is 12.5. The number of rotatable bonds is 4. The Kier molecular flexibility index (Phi) is 7.02. The van der Waals surface area contributed by atoms with Crippen LogP contribution in [0.5, 0.6) is 23.0 Å². The van der Waals surface area contributed by atoms with Gasteiger partial charge in [-0.2, -0.15) is 0 Å². The van der Waals surface area contributed by atoms with Crippen molar-refractivity contribution in [2.24, 2.45) is 0 Å². The van der Waals surface area contributed by atoms with Gasteiger partial charge in [-0.1, -0.05) is 70.7 Å². The van der Waals surface area contributed by atoms with E-state index in [-0.39, 0.29) is 32.4 Å². The molecule has 8 nitrogen and oxygen atoms in total. The monoisotopic (exact) mass is 687 g/mol. The lowest BCUT2D eigenvalue weighted by molar-refractivity contribution is 0.0261. The maximum absolute atomic E-state index is 12.8. The highest BCUT2D eigenvalue weighted by Gasteiger charge is 2.53. The molecular formula is C35H11O8S4. The minimum atomic E-state index is -2.17. The molecule has 47 heavy (non-hydrogen) atoms. The molecule has 2 aromatic carbocycles. The lowest BCUT2D eigenvalue weighted by Crippen LogP contribution is -2.35. The van der Waals surface area contributed by atoms with E-state index >= 15 is 0 Å². The number of terminal acetylenes is 8. The molecule has 0 saturated heterocycles. The van der Waals surface area contributed by atoms with Crippen LogP contribution in [-0.2, 0) is 0 Å². The highest BCUT2D eigenvalue weighted by Crippen LogP contribution is 2.67. The molecule has 0 spiro atoms. The molecule has 4 aliphatic rings. The van der Waals surface area contributed by atoms with Crippen molar-refractivity contribution in [3.8, 4) is 122 Å². The van der Waals surface area contributed by atoms with E-state index in [0.717, 1.165) is 47.0 Å². The van der Waals surface area contributed by atoms with E-state index in [1.165, 1.54) is 6.42 Å². The third-order valence-corrected chi connectivity index (χ3v) is 12.7. The van der Waals surface area contributed by atoms with Gasteiger partial charge >= 0.3 is 23.5 Å².